The number of carbonyl (C=O) groups is 4. The van der Waals surface area contributed by atoms with Gasteiger partial charge in [-0.1, -0.05) is 143 Å². The molecule has 0 radical (unpaired) electrons. The predicted octanol–water partition coefficient (Wildman–Crippen LogP) is 15.6. The number of benzene rings is 6. The molecule has 11 rings (SSSR count). The Morgan fingerprint density at radius 2 is 0.816 bits per heavy atom. The van der Waals surface area contributed by atoms with Crippen LogP contribution in [0.2, 0.25) is 5.15 Å². The summed E-state index contributed by atoms with van der Waals surface area (Å²) in [5, 5.41) is 8.58. The van der Waals surface area contributed by atoms with Crippen LogP contribution in [0.25, 0.3) is 49.8 Å². The first-order valence-corrected chi connectivity index (χ1v) is 39.1. The van der Waals surface area contributed by atoms with Crippen molar-refractivity contribution in [3.8, 4) is 17.1 Å². The van der Waals surface area contributed by atoms with Crippen molar-refractivity contribution in [1.82, 2.24) is 53.9 Å². The molecule has 5 heterocycles. The number of esters is 3. The summed E-state index contributed by atoms with van der Waals surface area (Å²) >= 11 is 5.58. The maximum Gasteiger partial charge on any atom is 0.408 e. The number of hydrogen-bond acceptors (Lipinski definition) is 22. The molecule has 0 aliphatic heterocycles. The number of aromatic nitrogens is 10. The number of unbranched alkanes of at least 4 members (excludes halogenated alkanes) is 6. The summed E-state index contributed by atoms with van der Waals surface area (Å²) in [6, 6.07) is 44.6. The molecular formula is C87H106ClN15O11. The zero-order chi connectivity index (χ0) is 82.4. The molecule has 1 amide bonds. The average molecular weight is 1570 g/mol. The van der Waals surface area contributed by atoms with Gasteiger partial charge in [0, 0.05) is 42.8 Å². The van der Waals surface area contributed by atoms with E-state index in [4.69, 9.17) is 58.0 Å². The van der Waals surface area contributed by atoms with Crippen LogP contribution < -0.4 is 44.5 Å². The van der Waals surface area contributed by atoms with Crippen LogP contribution in [-0.4, -0.2) is 99.5 Å². The van der Waals surface area contributed by atoms with Crippen molar-refractivity contribution in [2.24, 2.45) is 5.73 Å². The molecule has 5 aromatic heterocycles. The molecule has 0 aliphatic carbocycles. The third-order valence-electron chi connectivity index (χ3n) is 18.9. The third-order valence-corrected chi connectivity index (χ3v) is 19.3. The summed E-state index contributed by atoms with van der Waals surface area (Å²) in [5.41, 5.74) is 25.0. The van der Waals surface area contributed by atoms with E-state index in [2.05, 4.69) is 35.3 Å². The van der Waals surface area contributed by atoms with Crippen LogP contribution in [0.1, 0.15) is 201 Å². The number of nitrogen functional groups attached to an aromatic ring is 2. The molecule has 11 aromatic rings. The normalized spacial score (nSPS) is 11.9. The number of rotatable bonds is 30. The zero-order valence-electron chi connectivity index (χ0n) is 67.0. The summed E-state index contributed by atoms with van der Waals surface area (Å²) in [5.74, 6) is 2.04. The Morgan fingerprint density at radius 1 is 0.456 bits per heavy atom. The van der Waals surface area contributed by atoms with Gasteiger partial charge in [-0.2, -0.15) is 4.98 Å². The van der Waals surface area contributed by atoms with Gasteiger partial charge in [0.15, 0.2) is 0 Å². The molecule has 26 nitrogen and oxygen atoms in total. The number of anilines is 3. The van der Waals surface area contributed by atoms with E-state index in [1.54, 1.807) is 46.9 Å². The number of hydrogen-bond donors (Lipinski definition) is 5. The minimum Gasteiger partial charge on any atom is -0.469 e. The van der Waals surface area contributed by atoms with E-state index in [0.717, 1.165) is 110 Å². The van der Waals surface area contributed by atoms with Crippen LogP contribution in [-0.2, 0) is 52.6 Å². The smallest absolute Gasteiger partial charge is 0.408 e. The number of para-hydroxylation sites is 3. The number of aryl methyl sites for hydroxylation is 5. The van der Waals surface area contributed by atoms with Crippen molar-refractivity contribution in [3.05, 3.63) is 239 Å². The van der Waals surface area contributed by atoms with Crippen LogP contribution in [0.3, 0.4) is 0 Å². The molecule has 0 saturated heterocycles. The first kappa shape index (κ1) is 87.8. The van der Waals surface area contributed by atoms with E-state index in [0.29, 0.717) is 112 Å². The summed E-state index contributed by atoms with van der Waals surface area (Å²) in [6.45, 7) is 15.1. The number of nitrogens with zero attached hydrogens (tertiary/aromatic N) is 10. The second-order valence-electron chi connectivity index (χ2n) is 28.4. The number of halogens is 1. The van der Waals surface area contributed by atoms with Gasteiger partial charge in [0.25, 0.3) is 16.7 Å². The highest BCUT2D eigenvalue weighted by Gasteiger charge is 2.28. The Balaban J connectivity index is 0.000000203. The second-order valence-corrected chi connectivity index (χ2v) is 28.7. The molecule has 0 aliphatic rings. The number of amides is 1. The van der Waals surface area contributed by atoms with Crippen molar-refractivity contribution >= 4 is 86.0 Å². The van der Waals surface area contributed by atoms with Gasteiger partial charge in [-0.25, -0.2) is 34.7 Å². The quantitative estimate of drug-likeness (QED) is 0.0121. The van der Waals surface area contributed by atoms with Crippen LogP contribution in [0.5, 0.6) is 0 Å². The topological polar surface area (TPSA) is 364 Å². The van der Waals surface area contributed by atoms with Crippen molar-refractivity contribution < 1.29 is 38.1 Å². The van der Waals surface area contributed by atoms with Gasteiger partial charge >= 0.3 is 24.0 Å². The lowest BCUT2D eigenvalue weighted by Gasteiger charge is -2.25. The lowest BCUT2D eigenvalue weighted by molar-refractivity contribution is -0.141. The molecule has 6 aromatic carbocycles. The Bertz CT molecular complexity index is 5230. The van der Waals surface area contributed by atoms with Gasteiger partial charge in [0.2, 0.25) is 11.9 Å². The van der Waals surface area contributed by atoms with Gasteiger partial charge in [-0.15, -0.1) is 0 Å². The molecule has 114 heavy (non-hydrogen) atoms. The number of nitrogens with two attached hydrogens (primary N) is 3. The van der Waals surface area contributed by atoms with E-state index in [1.165, 1.54) is 21.3 Å². The fourth-order valence-corrected chi connectivity index (χ4v) is 13.0. The highest BCUT2D eigenvalue weighted by Crippen LogP contribution is 2.30. The molecule has 0 bridgehead atoms. The van der Waals surface area contributed by atoms with E-state index >= 15 is 0 Å². The van der Waals surface area contributed by atoms with Crippen LogP contribution in [0, 0.1) is 13.8 Å². The molecule has 0 unspecified atom stereocenters. The summed E-state index contributed by atoms with van der Waals surface area (Å²) in [4.78, 5) is 119. The van der Waals surface area contributed by atoms with E-state index < -0.39 is 17.7 Å². The van der Waals surface area contributed by atoms with Gasteiger partial charge < -0.3 is 46.8 Å². The maximum absolute atomic E-state index is 14.2. The lowest BCUT2D eigenvalue weighted by atomic mass is 10.0. The van der Waals surface area contributed by atoms with Gasteiger partial charge in [-0.05, 0) is 183 Å². The molecule has 0 spiro atoms. The highest BCUT2D eigenvalue weighted by molar-refractivity contribution is 6.30. The predicted molar refractivity (Wildman–Crippen MR) is 448 cm³/mol. The minimum absolute atomic E-state index is 0.0877. The Labute approximate surface area is 669 Å². The molecular weight excluding hydrogens is 1470 g/mol. The van der Waals surface area contributed by atoms with Crippen molar-refractivity contribution in [3.63, 3.8) is 0 Å². The summed E-state index contributed by atoms with van der Waals surface area (Å²) in [7, 11) is 4.20. The fraction of sp³-hybridized carbons (Fsp3) is 0.379. The number of nitrogens with one attached hydrogen (secondary N) is 2. The number of ether oxygens (including phenoxy) is 4. The van der Waals surface area contributed by atoms with Crippen LogP contribution in [0.4, 0.5) is 22.5 Å². The monoisotopic (exact) mass is 1570 g/mol. The SMILES string of the molecule is CC[C@H](N)c1nc2cccc(CCCCCC(=O)OC)c2c(=O)n1-c1ccccc1.CC[C@H](NC(=O)OC(C)(C)C)c1nc2cccc(CCCCCC(=O)OC)c2c(=O)n1-c1ccccc1.CC[C@H](Nc1nc(N)ncc1C)c1nc2cccc(CCCCCC(=O)OC)c2c(=O)n1-c1ccccc1.Cc1cnc(N)nc1Cl. The molecule has 3 atom stereocenters. The number of methoxy groups -OCH3 is 3. The maximum atomic E-state index is 14.2. The fourth-order valence-electron chi connectivity index (χ4n) is 12.9. The Kier molecular flexibility index (Phi) is 33.4. The standard InChI is InChI=1S/C29H34N6O3.C29H37N3O5.C24H29N3O3.C5H6ClN3/c1-4-22(32-26-19(2)18-31-29(30)34-26)27-33-23-16-11-13-20(12-7-5-10-17-24(36)38-3)25(23)28(37)35(27)21-14-8-6-9-15-21;1-6-22(31-28(35)37-29(2,3)4)26-30-23-18-13-15-20(14-9-7-12-19-24(33)36-5)25(23)27(34)32(26)21-16-10-8-11-17-21;1-3-19(25)23-26-20-15-10-12-17(11-6-4-9-16-21(28)30-2)22(20)24(29)27(23)18-13-7-5-8-14-18;1-3-2-8-5(7)9-4(3)6/h6,8-9,11,13-16,18,22H,4-5,7,10,12,17H2,1-3H3,(H3,30,31,32,34);8,10-11,13,15-18,22H,6-7,9,12,14,19H2,1-5H3,(H,31,35);5,7-8,10,12-15,19H,3-4,6,9,11,16,25H2,1-2H3;2H,1H3,(H2,7,8,9)/t2*22-;19-;/m000./s1. The van der Waals surface area contributed by atoms with Gasteiger partial charge in [0.1, 0.15) is 34.0 Å². The number of alkyl carbamates (subject to hydrolysis) is 1. The number of carbonyl (C=O) groups excluding carboxylic acids is 4. The van der Waals surface area contributed by atoms with Crippen molar-refractivity contribution in [2.75, 3.05) is 38.1 Å². The minimum atomic E-state index is -0.649. The Hall–Kier alpha value is -11.8. The molecule has 0 fully saturated rings. The summed E-state index contributed by atoms with van der Waals surface area (Å²) < 4.78 is 24.5. The third kappa shape index (κ3) is 24.4. The van der Waals surface area contributed by atoms with E-state index in [9.17, 15) is 33.6 Å². The Morgan fingerprint density at radius 3 is 1.17 bits per heavy atom. The first-order chi connectivity index (χ1) is 54.8. The summed E-state index contributed by atoms with van der Waals surface area (Å²) in [6.07, 6.45) is 15.4. The van der Waals surface area contributed by atoms with Crippen LogP contribution in [0.15, 0.2) is 172 Å². The van der Waals surface area contributed by atoms with Crippen molar-refractivity contribution in [1.29, 1.82) is 0 Å². The van der Waals surface area contributed by atoms with Gasteiger partial charge in [-0.3, -0.25) is 42.5 Å². The lowest BCUT2D eigenvalue weighted by Crippen LogP contribution is -2.37. The van der Waals surface area contributed by atoms with E-state index in [-0.39, 0.29) is 58.6 Å². The molecule has 0 saturated carbocycles. The zero-order valence-corrected chi connectivity index (χ0v) is 67.8. The van der Waals surface area contributed by atoms with Gasteiger partial charge in [0.05, 0.1) is 89.2 Å². The first-order valence-electron chi connectivity index (χ1n) is 38.7. The molecule has 602 valence electrons. The highest BCUT2D eigenvalue weighted by atomic mass is 35.5. The second kappa shape index (κ2) is 43.3. The van der Waals surface area contributed by atoms with E-state index in [1.807, 2.05) is 180 Å². The van der Waals surface area contributed by atoms with Crippen LogP contribution >= 0.6 is 11.6 Å². The number of fused-ring (bicyclic) bond motifs is 3. The van der Waals surface area contributed by atoms with Crippen molar-refractivity contribution in [2.45, 2.75) is 195 Å². The average Bonchev–Trinajstić information content (AvgIpc) is 0.767. The molecule has 8 N–H and O–H groups in total. The largest absolute Gasteiger partial charge is 0.469 e. The molecule has 27 heteroatoms.